The zero-order valence-electron chi connectivity index (χ0n) is 17.5. The first-order valence-electron chi connectivity index (χ1n) is 10.5. The highest BCUT2D eigenvalue weighted by atomic mass is 32.1. The van der Waals surface area contributed by atoms with E-state index in [9.17, 15) is 9.18 Å². The molecule has 1 fully saturated rings. The Morgan fingerprint density at radius 2 is 2.12 bits per heavy atom. The van der Waals surface area contributed by atoms with Crippen molar-refractivity contribution in [2.75, 3.05) is 18.5 Å². The molecule has 0 unspecified atom stereocenters. The molecular weight excluding hydrogens is 431 g/mol. The molecule has 168 valence electrons. The largest absolute Gasteiger partial charge is 0.394 e. The number of hydrogen-bond donors (Lipinski definition) is 3. The van der Waals surface area contributed by atoms with E-state index in [-0.39, 0.29) is 30.0 Å². The summed E-state index contributed by atoms with van der Waals surface area (Å²) in [7, 11) is 0. The number of ketones is 1. The number of nitrogens with one attached hydrogen (secondary N) is 1. The zero-order chi connectivity index (χ0) is 22.6. The van der Waals surface area contributed by atoms with Gasteiger partial charge in [0, 0.05) is 35.7 Å². The van der Waals surface area contributed by atoms with Crippen LogP contribution in [0.2, 0.25) is 0 Å². The van der Waals surface area contributed by atoms with E-state index in [1.165, 1.54) is 17.4 Å². The lowest BCUT2D eigenvalue weighted by molar-refractivity contribution is -0.121. The van der Waals surface area contributed by atoms with E-state index in [0.717, 1.165) is 24.1 Å². The molecule has 32 heavy (non-hydrogen) atoms. The highest BCUT2D eigenvalue weighted by Crippen LogP contribution is 2.43. The van der Waals surface area contributed by atoms with Crippen molar-refractivity contribution in [3.8, 4) is 10.7 Å². The van der Waals surface area contributed by atoms with E-state index < -0.39 is 6.04 Å². The minimum absolute atomic E-state index is 0.174. The Hall–Kier alpha value is -2.82. The van der Waals surface area contributed by atoms with Gasteiger partial charge in [-0.2, -0.15) is 0 Å². The lowest BCUT2D eigenvalue weighted by Crippen LogP contribution is -2.42. The van der Waals surface area contributed by atoms with Crippen LogP contribution in [0, 0.1) is 5.82 Å². The van der Waals surface area contributed by atoms with Crippen LogP contribution >= 0.6 is 11.3 Å². The van der Waals surface area contributed by atoms with Crippen molar-refractivity contribution in [2.45, 2.75) is 43.6 Å². The van der Waals surface area contributed by atoms with Gasteiger partial charge in [-0.3, -0.25) is 9.78 Å². The summed E-state index contributed by atoms with van der Waals surface area (Å²) in [6.45, 7) is 0.195. The van der Waals surface area contributed by atoms with Gasteiger partial charge in [-0.25, -0.2) is 9.37 Å². The van der Waals surface area contributed by atoms with Gasteiger partial charge in [0.2, 0.25) is 0 Å². The lowest BCUT2D eigenvalue weighted by atomic mass is 9.66. The average molecular weight is 457 g/mol. The molecule has 0 bridgehead atoms. The zero-order valence-corrected chi connectivity index (χ0v) is 18.3. The molecule has 4 N–H and O–H groups in total. The monoisotopic (exact) mass is 456 g/mol. The maximum atomic E-state index is 14.3. The number of nitrogens with zero attached hydrogens (tertiary/aromatic N) is 4. The van der Waals surface area contributed by atoms with Gasteiger partial charge >= 0.3 is 0 Å². The highest BCUT2D eigenvalue weighted by molar-refractivity contribution is 7.15. The second-order valence-corrected chi connectivity index (χ2v) is 9.13. The lowest BCUT2D eigenvalue weighted by Gasteiger charge is -2.41. The van der Waals surface area contributed by atoms with Crippen LogP contribution < -0.4 is 11.1 Å². The van der Waals surface area contributed by atoms with Crippen molar-refractivity contribution in [1.82, 2.24) is 20.2 Å². The molecule has 3 aromatic rings. The number of anilines is 1. The summed E-state index contributed by atoms with van der Waals surface area (Å²) in [5.74, 6) is 0.166. The minimum Gasteiger partial charge on any atom is -0.394 e. The fraction of sp³-hybridized carbons (Fsp3) is 0.409. The molecule has 8 nitrogen and oxygen atoms in total. The van der Waals surface area contributed by atoms with Crippen LogP contribution in [0.25, 0.3) is 10.7 Å². The van der Waals surface area contributed by atoms with Crippen molar-refractivity contribution in [2.24, 2.45) is 5.73 Å². The third-order valence-corrected chi connectivity index (χ3v) is 6.92. The van der Waals surface area contributed by atoms with Gasteiger partial charge in [-0.1, -0.05) is 6.42 Å². The number of thiazole rings is 1. The number of pyridine rings is 1. The molecule has 0 saturated heterocycles. The molecule has 0 radical (unpaired) electrons. The third kappa shape index (κ3) is 4.82. The molecule has 0 aromatic carbocycles. The number of carbonyl (C=O) groups excluding carboxylic acids is 1. The Morgan fingerprint density at radius 1 is 1.28 bits per heavy atom. The standard InChI is InChI=1S/C22H25FN6O2S/c23-15-3-1-10-25-20(15)22(8-2-9-22)13-27-19-7-5-17(28-29-19)21-26-11-14(32-21)4-6-18(31)16(24)12-30/h1,3,5,7,10-11,16,30H,2,4,6,8-9,12-13,24H2,(H,27,29)/t16-/m1/s1. The van der Waals surface area contributed by atoms with Gasteiger partial charge < -0.3 is 16.2 Å². The number of aryl methyl sites for hydroxylation is 1. The van der Waals surface area contributed by atoms with Crippen molar-refractivity contribution in [1.29, 1.82) is 0 Å². The van der Waals surface area contributed by atoms with Crippen molar-refractivity contribution < 1.29 is 14.3 Å². The highest BCUT2D eigenvalue weighted by Gasteiger charge is 2.41. The van der Waals surface area contributed by atoms with Crippen LogP contribution in [0.1, 0.15) is 36.3 Å². The third-order valence-electron chi connectivity index (χ3n) is 5.84. The summed E-state index contributed by atoms with van der Waals surface area (Å²) < 4.78 is 14.3. The Bertz CT molecular complexity index is 1070. The van der Waals surface area contributed by atoms with Crippen LogP contribution in [0.3, 0.4) is 0 Å². The first-order chi connectivity index (χ1) is 15.5. The molecule has 0 spiro atoms. The summed E-state index contributed by atoms with van der Waals surface area (Å²) in [6, 6.07) is 5.89. The number of aliphatic hydroxyl groups is 1. The van der Waals surface area contributed by atoms with Crippen LogP contribution in [0.15, 0.2) is 36.7 Å². The van der Waals surface area contributed by atoms with Crippen LogP contribution in [-0.4, -0.2) is 50.2 Å². The number of Topliss-reactive ketones (excluding diaryl/α,β-unsaturated/α-hetero) is 1. The molecule has 4 rings (SSSR count). The van der Waals surface area contributed by atoms with E-state index in [1.807, 2.05) is 12.1 Å². The number of carbonyl (C=O) groups is 1. The summed E-state index contributed by atoms with van der Waals surface area (Å²) in [6.07, 6.45) is 6.94. The molecule has 3 heterocycles. The van der Waals surface area contributed by atoms with E-state index in [2.05, 4.69) is 25.5 Å². The summed E-state index contributed by atoms with van der Waals surface area (Å²) in [5.41, 5.74) is 6.37. The van der Waals surface area contributed by atoms with Gasteiger partial charge in [0.15, 0.2) is 5.78 Å². The fourth-order valence-electron chi connectivity index (χ4n) is 3.75. The second kappa shape index (κ2) is 9.76. The Morgan fingerprint density at radius 3 is 2.78 bits per heavy atom. The molecular formula is C22H25FN6O2S. The number of rotatable bonds is 10. The number of aliphatic hydroxyl groups excluding tert-OH is 1. The molecule has 0 aliphatic heterocycles. The van der Waals surface area contributed by atoms with Gasteiger partial charge in [0.1, 0.15) is 22.3 Å². The minimum atomic E-state index is -0.832. The topological polar surface area (TPSA) is 127 Å². The average Bonchev–Trinajstić information content (AvgIpc) is 3.26. The quantitative estimate of drug-likeness (QED) is 0.425. The van der Waals surface area contributed by atoms with Gasteiger partial charge in [-0.05, 0) is 43.5 Å². The SMILES string of the molecule is N[C@H](CO)C(=O)CCc1cnc(-c2ccc(NCC3(c4ncccc4F)CCC3)nn2)s1. The van der Waals surface area contributed by atoms with Gasteiger partial charge in [-0.15, -0.1) is 21.5 Å². The molecule has 0 amide bonds. The number of hydrogen-bond acceptors (Lipinski definition) is 9. The maximum Gasteiger partial charge on any atom is 0.152 e. The van der Waals surface area contributed by atoms with Crippen LogP contribution in [0.4, 0.5) is 10.2 Å². The number of halogens is 1. The van der Waals surface area contributed by atoms with Crippen LogP contribution in [-0.2, 0) is 16.6 Å². The molecule has 1 atom stereocenters. The Labute approximate surface area is 189 Å². The van der Waals surface area contributed by atoms with Crippen molar-refractivity contribution >= 4 is 22.9 Å². The molecule has 3 aromatic heterocycles. The second-order valence-electron chi connectivity index (χ2n) is 8.01. The molecule has 10 heteroatoms. The Balaban J connectivity index is 1.36. The summed E-state index contributed by atoms with van der Waals surface area (Å²) >= 11 is 1.44. The predicted molar refractivity (Wildman–Crippen MR) is 120 cm³/mol. The number of nitrogens with two attached hydrogens (primary N) is 1. The van der Waals surface area contributed by atoms with E-state index in [4.69, 9.17) is 10.8 Å². The molecule has 1 saturated carbocycles. The summed E-state index contributed by atoms with van der Waals surface area (Å²) in [4.78, 5) is 21.4. The normalized spacial score (nSPS) is 15.7. The summed E-state index contributed by atoms with van der Waals surface area (Å²) in [5, 5.41) is 21.4. The van der Waals surface area contributed by atoms with Crippen molar-refractivity contribution in [3.05, 3.63) is 53.0 Å². The maximum absolute atomic E-state index is 14.3. The Kier molecular flexibility index (Phi) is 6.83. The molecule has 1 aliphatic carbocycles. The van der Waals surface area contributed by atoms with Crippen molar-refractivity contribution in [3.63, 3.8) is 0 Å². The number of aromatic nitrogens is 4. The van der Waals surface area contributed by atoms with E-state index >= 15 is 0 Å². The predicted octanol–water partition coefficient (Wildman–Crippen LogP) is 2.49. The van der Waals surface area contributed by atoms with Crippen LogP contribution in [0.5, 0.6) is 0 Å². The van der Waals surface area contributed by atoms with E-state index in [1.54, 1.807) is 18.5 Å². The van der Waals surface area contributed by atoms with Gasteiger partial charge in [0.05, 0.1) is 18.3 Å². The van der Waals surface area contributed by atoms with Gasteiger partial charge in [0.25, 0.3) is 0 Å². The molecule has 1 aliphatic rings. The van der Waals surface area contributed by atoms with E-state index in [0.29, 0.717) is 35.2 Å². The first-order valence-corrected chi connectivity index (χ1v) is 11.4. The fourth-order valence-corrected chi connectivity index (χ4v) is 4.63. The first kappa shape index (κ1) is 22.4. The smallest absolute Gasteiger partial charge is 0.152 e.